The Balaban J connectivity index is 2.03. The number of carbonyl (C=O) groups excluding carboxylic acids is 1. The lowest BCUT2D eigenvalue weighted by Gasteiger charge is -2.05. The number of aryl methyl sites for hydroxylation is 1. The first-order valence-corrected chi connectivity index (χ1v) is 5.68. The van der Waals surface area contributed by atoms with Crippen molar-refractivity contribution in [3.8, 4) is 0 Å². The Morgan fingerprint density at radius 3 is 2.94 bits per heavy atom. The molecule has 0 unspecified atom stereocenters. The summed E-state index contributed by atoms with van der Waals surface area (Å²) in [4.78, 5) is 15.8. The molecule has 0 saturated heterocycles. The average Bonchev–Trinajstić information content (AvgIpc) is 2.72. The van der Waals surface area contributed by atoms with E-state index in [9.17, 15) is 4.79 Å². The first-order valence-electron chi connectivity index (χ1n) is 5.31. The minimum absolute atomic E-state index is 0.216. The van der Waals surface area contributed by atoms with Crippen molar-refractivity contribution in [3.05, 3.63) is 46.6 Å². The fourth-order valence-corrected chi connectivity index (χ4v) is 1.72. The minimum Gasteiger partial charge on any atom is -0.444 e. The number of anilines is 1. The number of amides is 1. The molecule has 0 fully saturated rings. The standard InChI is InChI=1S/C12H12ClN3O2/c1-7-5-15-11(18-7)6-16-12(17)9-3-2-8(14)4-10(9)13/h2-5H,6,14H2,1H3,(H,16,17). The normalized spacial score (nSPS) is 10.3. The number of rotatable bonds is 3. The maximum Gasteiger partial charge on any atom is 0.253 e. The highest BCUT2D eigenvalue weighted by atomic mass is 35.5. The summed E-state index contributed by atoms with van der Waals surface area (Å²) in [6, 6.07) is 4.73. The van der Waals surface area contributed by atoms with Crippen molar-refractivity contribution in [1.29, 1.82) is 0 Å². The van der Waals surface area contributed by atoms with Crippen LogP contribution < -0.4 is 11.1 Å². The van der Waals surface area contributed by atoms with E-state index in [4.69, 9.17) is 21.8 Å². The summed E-state index contributed by atoms with van der Waals surface area (Å²) in [6.07, 6.45) is 1.59. The molecule has 0 spiro atoms. The molecule has 0 aliphatic rings. The summed E-state index contributed by atoms with van der Waals surface area (Å²) in [5.74, 6) is 0.855. The number of nitrogens with one attached hydrogen (secondary N) is 1. The fraction of sp³-hybridized carbons (Fsp3) is 0.167. The summed E-state index contributed by atoms with van der Waals surface area (Å²) in [5.41, 5.74) is 6.44. The average molecular weight is 266 g/mol. The van der Waals surface area contributed by atoms with Crippen LogP contribution in [0.1, 0.15) is 22.0 Å². The third-order valence-corrected chi connectivity index (χ3v) is 2.62. The van der Waals surface area contributed by atoms with Crippen LogP contribution in [-0.2, 0) is 6.54 Å². The molecule has 0 bridgehead atoms. The fourth-order valence-electron chi connectivity index (χ4n) is 1.45. The van der Waals surface area contributed by atoms with Gasteiger partial charge in [-0.3, -0.25) is 4.79 Å². The Bertz CT molecular complexity index is 580. The van der Waals surface area contributed by atoms with E-state index < -0.39 is 0 Å². The Hall–Kier alpha value is -2.01. The molecule has 0 aliphatic heterocycles. The Kier molecular flexibility index (Phi) is 3.53. The molecule has 6 heteroatoms. The summed E-state index contributed by atoms with van der Waals surface area (Å²) in [6.45, 7) is 2.00. The van der Waals surface area contributed by atoms with E-state index in [1.807, 2.05) is 0 Å². The lowest BCUT2D eigenvalue weighted by molar-refractivity contribution is 0.0947. The van der Waals surface area contributed by atoms with Gasteiger partial charge in [0, 0.05) is 5.69 Å². The number of benzene rings is 1. The van der Waals surface area contributed by atoms with E-state index in [2.05, 4.69) is 10.3 Å². The number of nitrogen functional groups attached to an aromatic ring is 1. The van der Waals surface area contributed by atoms with E-state index >= 15 is 0 Å². The maximum atomic E-state index is 11.9. The van der Waals surface area contributed by atoms with Gasteiger partial charge in [0.15, 0.2) is 0 Å². The summed E-state index contributed by atoms with van der Waals surface area (Å²) in [7, 11) is 0. The number of nitrogens with two attached hydrogens (primary N) is 1. The van der Waals surface area contributed by atoms with Gasteiger partial charge >= 0.3 is 0 Å². The van der Waals surface area contributed by atoms with Crippen molar-refractivity contribution in [2.45, 2.75) is 13.5 Å². The van der Waals surface area contributed by atoms with E-state index in [1.54, 1.807) is 25.3 Å². The second kappa shape index (κ2) is 5.10. The lowest BCUT2D eigenvalue weighted by Crippen LogP contribution is -2.23. The molecule has 0 aliphatic carbocycles. The van der Waals surface area contributed by atoms with E-state index in [-0.39, 0.29) is 12.5 Å². The van der Waals surface area contributed by atoms with E-state index in [0.717, 1.165) is 0 Å². The molecule has 3 N–H and O–H groups in total. The molecular formula is C12H12ClN3O2. The first kappa shape index (κ1) is 12.4. The molecule has 2 aromatic rings. The van der Waals surface area contributed by atoms with Crippen LogP contribution in [-0.4, -0.2) is 10.9 Å². The minimum atomic E-state index is -0.296. The molecule has 2 rings (SSSR count). The number of nitrogens with zero attached hydrogens (tertiary/aromatic N) is 1. The molecule has 1 amide bonds. The van der Waals surface area contributed by atoms with Crippen LogP contribution in [0, 0.1) is 6.92 Å². The van der Waals surface area contributed by atoms with E-state index in [0.29, 0.717) is 27.9 Å². The molecule has 94 valence electrons. The third-order valence-electron chi connectivity index (χ3n) is 2.31. The molecular weight excluding hydrogens is 254 g/mol. The van der Waals surface area contributed by atoms with Crippen molar-refractivity contribution in [2.75, 3.05) is 5.73 Å². The largest absolute Gasteiger partial charge is 0.444 e. The smallest absolute Gasteiger partial charge is 0.253 e. The van der Waals surface area contributed by atoms with Crippen molar-refractivity contribution in [3.63, 3.8) is 0 Å². The van der Waals surface area contributed by atoms with Crippen LogP contribution in [0.4, 0.5) is 5.69 Å². The van der Waals surface area contributed by atoms with Crippen LogP contribution in [0.3, 0.4) is 0 Å². The number of aromatic nitrogens is 1. The first-order chi connectivity index (χ1) is 8.56. The summed E-state index contributed by atoms with van der Waals surface area (Å²) in [5, 5.41) is 2.98. The topological polar surface area (TPSA) is 81.2 Å². The zero-order chi connectivity index (χ0) is 13.1. The van der Waals surface area contributed by atoms with Gasteiger partial charge < -0.3 is 15.5 Å². The van der Waals surface area contributed by atoms with Gasteiger partial charge in [0.25, 0.3) is 5.91 Å². The summed E-state index contributed by atoms with van der Waals surface area (Å²) >= 11 is 5.93. The Morgan fingerprint density at radius 2 is 2.33 bits per heavy atom. The van der Waals surface area contributed by atoms with Crippen molar-refractivity contribution >= 4 is 23.2 Å². The van der Waals surface area contributed by atoms with E-state index in [1.165, 1.54) is 6.07 Å². The second-order valence-electron chi connectivity index (χ2n) is 3.79. The molecule has 0 atom stereocenters. The molecule has 18 heavy (non-hydrogen) atoms. The van der Waals surface area contributed by atoms with Crippen LogP contribution in [0.15, 0.2) is 28.8 Å². The number of oxazole rings is 1. The second-order valence-corrected chi connectivity index (χ2v) is 4.19. The van der Waals surface area contributed by atoms with Gasteiger partial charge in [0.2, 0.25) is 5.89 Å². The van der Waals surface area contributed by atoms with Gasteiger partial charge in [-0.2, -0.15) is 0 Å². The maximum absolute atomic E-state index is 11.9. The SMILES string of the molecule is Cc1cnc(CNC(=O)c2ccc(N)cc2Cl)o1. The molecule has 0 saturated carbocycles. The van der Waals surface area contributed by atoms with Gasteiger partial charge in [-0.15, -0.1) is 0 Å². The van der Waals surface area contributed by atoms with Crippen LogP contribution in [0.25, 0.3) is 0 Å². The van der Waals surface area contributed by atoms with Crippen LogP contribution >= 0.6 is 11.6 Å². The number of carbonyl (C=O) groups is 1. The van der Waals surface area contributed by atoms with Gasteiger partial charge in [-0.05, 0) is 25.1 Å². The molecule has 1 aromatic heterocycles. The highest BCUT2D eigenvalue weighted by molar-refractivity contribution is 6.34. The van der Waals surface area contributed by atoms with Crippen molar-refractivity contribution in [1.82, 2.24) is 10.3 Å². The highest BCUT2D eigenvalue weighted by Crippen LogP contribution is 2.19. The zero-order valence-electron chi connectivity index (χ0n) is 9.74. The molecule has 1 heterocycles. The Labute approximate surface area is 109 Å². The zero-order valence-corrected chi connectivity index (χ0v) is 10.5. The summed E-state index contributed by atoms with van der Waals surface area (Å²) < 4.78 is 5.24. The van der Waals surface area contributed by atoms with Crippen LogP contribution in [0.2, 0.25) is 5.02 Å². The third kappa shape index (κ3) is 2.81. The van der Waals surface area contributed by atoms with Crippen LogP contribution in [0.5, 0.6) is 0 Å². The van der Waals surface area contributed by atoms with Gasteiger partial charge in [0.05, 0.1) is 23.3 Å². The van der Waals surface area contributed by atoms with Crippen molar-refractivity contribution < 1.29 is 9.21 Å². The Morgan fingerprint density at radius 1 is 1.56 bits per heavy atom. The predicted molar refractivity (Wildman–Crippen MR) is 68.3 cm³/mol. The number of hydrogen-bond donors (Lipinski definition) is 2. The quantitative estimate of drug-likeness (QED) is 0.833. The highest BCUT2D eigenvalue weighted by Gasteiger charge is 2.11. The number of hydrogen-bond acceptors (Lipinski definition) is 4. The number of halogens is 1. The molecule has 0 radical (unpaired) electrons. The molecule has 5 nitrogen and oxygen atoms in total. The van der Waals surface area contributed by atoms with Gasteiger partial charge in [-0.1, -0.05) is 11.6 Å². The predicted octanol–water partition coefficient (Wildman–Crippen LogP) is 2.15. The molecule has 1 aromatic carbocycles. The van der Waals surface area contributed by atoms with Gasteiger partial charge in [0.1, 0.15) is 5.76 Å². The monoisotopic (exact) mass is 265 g/mol. The lowest BCUT2D eigenvalue weighted by atomic mass is 10.2. The van der Waals surface area contributed by atoms with Crippen molar-refractivity contribution in [2.24, 2.45) is 0 Å². The van der Waals surface area contributed by atoms with Gasteiger partial charge in [-0.25, -0.2) is 4.98 Å².